The van der Waals surface area contributed by atoms with Gasteiger partial charge in [-0.3, -0.25) is 4.79 Å². The Morgan fingerprint density at radius 1 is 1.44 bits per heavy atom. The molecule has 1 aromatic heterocycles. The molecule has 0 saturated heterocycles. The van der Waals surface area contributed by atoms with Crippen LogP contribution < -0.4 is 5.32 Å². The zero-order valence-corrected chi connectivity index (χ0v) is 11.5. The molecule has 0 aliphatic rings. The largest absolute Gasteiger partial charge is 0.366 e. The summed E-state index contributed by atoms with van der Waals surface area (Å²) in [4.78, 5) is 15.9. The quantitative estimate of drug-likeness (QED) is 0.927. The van der Waals surface area contributed by atoms with Gasteiger partial charge in [-0.2, -0.15) is 0 Å². The monoisotopic (exact) mass is 264 g/mol. The topological polar surface area (TPSA) is 51.2 Å². The molecular weight excluding hydrogens is 248 g/mol. The fourth-order valence-corrected chi connectivity index (χ4v) is 2.13. The normalized spacial score (nSPS) is 11.7. The molecule has 0 aliphatic heterocycles. The Morgan fingerprint density at radius 3 is 2.94 bits per heavy atom. The van der Waals surface area contributed by atoms with Crippen molar-refractivity contribution in [3.8, 4) is 0 Å². The van der Waals surface area contributed by atoms with Crippen LogP contribution in [0.1, 0.15) is 20.8 Å². The number of benzene rings is 1. The second-order valence-electron chi connectivity index (χ2n) is 4.98. The van der Waals surface area contributed by atoms with Gasteiger partial charge in [0.1, 0.15) is 6.61 Å². The molecule has 4 nitrogen and oxygen atoms in total. The van der Waals surface area contributed by atoms with E-state index in [1.54, 1.807) is 16.8 Å². The first-order valence-corrected chi connectivity index (χ1v) is 6.59. The summed E-state index contributed by atoms with van der Waals surface area (Å²) < 4.78 is 6.47. The highest BCUT2D eigenvalue weighted by Gasteiger charge is 2.13. The maximum Gasteiger partial charge on any atom is 0.250 e. The van der Waals surface area contributed by atoms with E-state index < -0.39 is 0 Å². The molecule has 0 fully saturated rings. The number of anilines is 1. The Labute approximate surface area is 110 Å². The summed E-state index contributed by atoms with van der Waals surface area (Å²) in [5, 5.41) is 2.81. The Bertz CT molecular complexity index is 557. The summed E-state index contributed by atoms with van der Waals surface area (Å²) in [5.41, 5.74) is 3.20. The third-order valence-corrected chi connectivity index (χ3v) is 3.04. The molecule has 0 radical (unpaired) electrons. The maximum absolute atomic E-state index is 11.7. The van der Waals surface area contributed by atoms with Crippen LogP contribution in [-0.4, -0.2) is 23.1 Å². The number of rotatable bonds is 3. The van der Waals surface area contributed by atoms with Gasteiger partial charge in [0.05, 0.1) is 21.3 Å². The predicted molar refractivity (Wildman–Crippen MR) is 74.0 cm³/mol. The number of amides is 1. The van der Waals surface area contributed by atoms with Gasteiger partial charge in [-0.05, 0) is 39.0 Å². The summed E-state index contributed by atoms with van der Waals surface area (Å²) in [6.45, 7) is 5.82. The van der Waals surface area contributed by atoms with Gasteiger partial charge in [-0.25, -0.2) is 4.98 Å². The molecule has 1 N–H and O–H groups in total. The first-order chi connectivity index (χ1) is 8.44. The van der Waals surface area contributed by atoms with Crippen LogP contribution in [0.15, 0.2) is 23.7 Å². The summed E-state index contributed by atoms with van der Waals surface area (Å²) in [6, 6.07) is 5.66. The van der Waals surface area contributed by atoms with E-state index in [9.17, 15) is 4.79 Å². The number of carbonyl (C=O) groups is 1. The van der Waals surface area contributed by atoms with Gasteiger partial charge >= 0.3 is 0 Å². The third-order valence-electron chi connectivity index (χ3n) is 2.25. The predicted octanol–water partition coefficient (Wildman–Crippen LogP) is 3.05. The summed E-state index contributed by atoms with van der Waals surface area (Å²) >= 11 is 1.55. The average molecular weight is 264 g/mol. The molecule has 5 heteroatoms. The van der Waals surface area contributed by atoms with Crippen molar-refractivity contribution in [3.05, 3.63) is 23.7 Å². The Morgan fingerprint density at radius 2 is 2.22 bits per heavy atom. The Hall–Kier alpha value is -1.46. The smallest absolute Gasteiger partial charge is 0.250 e. The number of nitrogens with zero attached hydrogens (tertiary/aromatic N) is 1. The zero-order valence-electron chi connectivity index (χ0n) is 10.7. The SMILES string of the molecule is CC(C)(C)OCC(=O)Nc1ccc2ncsc2c1. The molecule has 2 aromatic rings. The van der Waals surface area contributed by atoms with Crippen LogP contribution in [0.5, 0.6) is 0 Å². The zero-order chi connectivity index (χ0) is 13.2. The van der Waals surface area contributed by atoms with Crippen molar-refractivity contribution >= 4 is 33.1 Å². The molecule has 0 bridgehead atoms. The van der Waals surface area contributed by atoms with Crippen molar-refractivity contribution in [2.24, 2.45) is 0 Å². The fourth-order valence-electron chi connectivity index (χ4n) is 1.41. The molecule has 0 unspecified atom stereocenters. The lowest BCUT2D eigenvalue weighted by Gasteiger charge is -2.18. The number of nitrogens with one attached hydrogen (secondary N) is 1. The number of thiazole rings is 1. The first kappa shape index (κ1) is 13.0. The van der Waals surface area contributed by atoms with Gasteiger partial charge in [0.25, 0.3) is 0 Å². The minimum Gasteiger partial charge on any atom is -0.366 e. The molecule has 96 valence electrons. The van der Waals surface area contributed by atoms with Crippen LogP contribution in [0.25, 0.3) is 10.2 Å². The number of aromatic nitrogens is 1. The molecular formula is C13H16N2O2S. The molecule has 1 amide bonds. The first-order valence-electron chi connectivity index (χ1n) is 5.71. The van der Waals surface area contributed by atoms with Crippen LogP contribution >= 0.6 is 11.3 Å². The van der Waals surface area contributed by atoms with Crippen molar-refractivity contribution in [1.82, 2.24) is 4.98 Å². The van der Waals surface area contributed by atoms with Crippen molar-refractivity contribution < 1.29 is 9.53 Å². The van der Waals surface area contributed by atoms with E-state index >= 15 is 0 Å². The van der Waals surface area contributed by atoms with Gasteiger partial charge in [-0.15, -0.1) is 11.3 Å². The Kier molecular flexibility index (Phi) is 3.63. The molecule has 2 rings (SSSR count). The number of fused-ring (bicyclic) bond motifs is 1. The highest BCUT2D eigenvalue weighted by Crippen LogP contribution is 2.21. The lowest BCUT2D eigenvalue weighted by atomic mass is 10.2. The van der Waals surface area contributed by atoms with Crippen molar-refractivity contribution in [1.29, 1.82) is 0 Å². The van der Waals surface area contributed by atoms with Crippen molar-refractivity contribution in [3.63, 3.8) is 0 Å². The lowest BCUT2D eigenvalue weighted by molar-refractivity contribution is -0.125. The third kappa shape index (κ3) is 3.51. The second kappa shape index (κ2) is 5.04. The molecule has 18 heavy (non-hydrogen) atoms. The fraction of sp³-hybridized carbons (Fsp3) is 0.385. The maximum atomic E-state index is 11.7. The molecule has 0 spiro atoms. The molecule has 0 saturated carbocycles. The van der Waals surface area contributed by atoms with Gasteiger partial charge in [0, 0.05) is 5.69 Å². The second-order valence-corrected chi connectivity index (χ2v) is 5.87. The minimum atomic E-state index is -0.307. The summed E-state index contributed by atoms with van der Waals surface area (Å²) in [5.74, 6) is -0.145. The van der Waals surface area contributed by atoms with Gasteiger partial charge in [0.2, 0.25) is 5.91 Å². The van der Waals surface area contributed by atoms with E-state index in [2.05, 4.69) is 10.3 Å². The molecule has 1 heterocycles. The van der Waals surface area contributed by atoms with Gasteiger partial charge in [-0.1, -0.05) is 0 Å². The molecule has 0 atom stereocenters. The summed E-state index contributed by atoms with van der Waals surface area (Å²) in [7, 11) is 0. The van der Waals surface area contributed by atoms with Crippen LogP contribution in [0, 0.1) is 0 Å². The van der Waals surface area contributed by atoms with E-state index in [1.165, 1.54) is 0 Å². The number of ether oxygens (including phenoxy) is 1. The van der Waals surface area contributed by atoms with E-state index in [4.69, 9.17) is 4.74 Å². The van der Waals surface area contributed by atoms with Crippen molar-refractivity contribution in [2.45, 2.75) is 26.4 Å². The summed E-state index contributed by atoms with van der Waals surface area (Å²) in [6.07, 6.45) is 0. The van der Waals surface area contributed by atoms with Crippen LogP contribution in [0.4, 0.5) is 5.69 Å². The number of hydrogen-bond acceptors (Lipinski definition) is 4. The highest BCUT2D eigenvalue weighted by atomic mass is 32.1. The number of hydrogen-bond donors (Lipinski definition) is 1. The van der Waals surface area contributed by atoms with E-state index in [0.29, 0.717) is 0 Å². The minimum absolute atomic E-state index is 0.0597. The lowest BCUT2D eigenvalue weighted by Crippen LogP contribution is -2.27. The standard InChI is InChI=1S/C13H16N2O2S/c1-13(2,3)17-7-12(16)15-9-4-5-10-11(6-9)18-8-14-10/h4-6,8H,7H2,1-3H3,(H,15,16). The Balaban J connectivity index is 1.98. The van der Waals surface area contributed by atoms with E-state index in [-0.39, 0.29) is 18.1 Å². The van der Waals surface area contributed by atoms with E-state index in [0.717, 1.165) is 15.9 Å². The van der Waals surface area contributed by atoms with Crippen LogP contribution in [-0.2, 0) is 9.53 Å². The molecule has 1 aromatic carbocycles. The van der Waals surface area contributed by atoms with Crippen LogP contribution in [0.3, 0.4) is 0 Å². The van der Waals surface area contributed by atoms with Crippen LogP contribution in [0.2, 0.25) is 0 Å². The highest BCUT2D eigenvalue weighted by molar-refractivity contribution is 7.16. The molecule has 0 aliphatic carbocycles. The number of carbonyl (C=O) groups excluding carboxylic acids is 1. The average Bonchev–Trinajstić information content (AvgIpc) is 2.72. The van der Waals surface area contributed by atoms with Crippen molar-refractivity contribution in [2.75, 3.05) is 11.9 Å². The van der Waals surface area contributed by atoms with Gasteiger partial charge in [0.15, 0.2) is 0 Å². The van der Waals surface area contributed by atoms with E-state index in [1.807, 2.05) is 39.0 Å². The van der Waals surface area contributed by atoms with Gasteiger partial charge < -0.3 is 10.1 Å².